The van der Waals surface area contributed by atoms with Crippen molar-refractivity contribution in [3.8, 4) is 0 Å². The van der Waals surface area contributed by atoms with E-state index in [1.807, 2.05) is 0 Å². The van der Waals surface area contributed by atoms with Gasteiger partial charge in [0.05, 0.1) is 4.90 Å². The van der Waals surface area contributed by atoms with Crippen LogP contribution in [0.1, 0.15) is 39.5 Å². The maximum absolute atomic E-state index is 10.7. The zero-order chi connectivity index (χ0) is 15.4. The van der Waals surface area contributed by atoms with E-state index in [0.29, 0.717) is 5.69 Å². The zero-order valence-corrected chi connectivity index (χ0v) is 13.2. The van der Waals surface area contributed by atoms with Gasteiger partial charge in [0.15, 0.2) is 0 Å². The number of hydrogen-bond acceptors (Lipinski definition) is 4. The number of anilines is 1. The van der Waals surface area contributed by atoms with E-state index in [2.05, 4.69) is 13.8 Å². The summed E-state index contributed by atoms with van der Waals surface area (Å²) in [6.45, 7) is 6.28. The molecule has 1 aromatic rings. The van der Waals surface area contributed by atoms with Crippen molar-refractivity contribution in [2.45, 2.75) is 44.4 Å². The second kappa shape index (κ2) is 10.7. The minimum absolute atomic E-state index is 0.0756. The summed E-state index contributed by atoms with van der Waals surface area (Å²) in [5.41, 5.74) is 5.85. The Bertz CT molecular complexity index is 438. The molecule has 0 saturated heterocycles. The Kier molecular flexibility index (Phi) is 10.1. The van der Waals surface area contributed by atoms with E-state index in [4.69, 9.17) is 15.6 Å². The summed E-state index contributed by atoms with van der Waals surface area (Å²) in [6, 6.07) is 5.70. The van der Waals surface area contributed by atoms with Crippen LogP contribution in [0.2, 0.25) is 0 Å². The summed E-state index contributed by atoms with van der Waals surface area (Å²) in [6.07, 6.45) is 4.91. The molecule has 1 rings (SSSR count). The fourth-order valence-electron chi connectivity index (χ4n) is 1.25. The van der Waals surface area contributed by atoms with Gasteiger partial charge in [-0.05, 0) is 37.1 Å². The van der Waals surface area contributed by atoms with Gasteiger partial charge >= 0.3 is 0 Å². The molecule has 6 heteroatoms. The van der Waals surface area contributed by atoms with Gasteiger partial charge in [0.2, 0.25) is 10.0 Å². The minimum atomic E-state index is -3.58. The molecule has 0 spiro atoms. The average molecular weight is 302 g/mol. The number of hydrogen-bond donors (Lipinski definition) is 2. The molecule has 0 aliphatic rings. The van der Waals surface area contributed by atoms with Crippen molar-refractivity contribution in [2.24, 2.45) is 5.14 Å². The summed E-state index contributed by atoms with van der Waals surface area (Å²) in [4.78, 5) is 0.0756. The van der Waals surface area contributed by atoms with E-state index in [-0.39, 0.29) is 4.90 Å². The maximum atomic E-state index is 10.7. The molecule has 0 amide bonds. The predicted octanol–water partition coefficient (Wildman–Crippen LogP) is 2.52. The first kappa shape index (κ1) is 18.9. The van der Waals surface area contributed by atoms with Crippen LogP contribution in [0.3, 0.4) is 0 Å². The molecule has 0 aromatic heterocycles. The highest BCUT2D eigenvalue weighted by Gasteiger charge is 2.04. The Morgan fingerprint density at radius 2 is 1.45 bits per heavy atom. The SMILES string of the molecule is CCCCOCCCC.Nc1ccc(S(N)(=O)=O)cc1. The molecule has 0 heterocycles. The molecule has 0 saturated carbocycles. The summed E-state index contributed by atoms with van der Waals surface area (Å²) in [5.74, 6) is 0. The molecule has 4 N–H and O–H groups in total. The molecule has 1 aromatic carbocycles. The lowest BCUT2D eigenvalue weighted by Gasteiger charge is -1.99. The van der Waals surface area contributed by atoms with Crippen LogP contribution in [-0.4, -0.2) is 21.6 Å². The highest BCUT2D eigenvalue weighted by atomic mass is 32.2. The van der Waals surface area contributed by atoms with E-state index >= 15 is 0 Å². The van der Waals surface area contributed by atoms with Gasteiger partial charge in [-0.3, -0.25) is 0 Å². The molecule has 5 nitrogen and oxygen atoms in total. The first-order chi connectivity index (χ1) is 9.41. The minimum Gasteiger partial charge on any atom is -0.399 e. The fraction of sp³-hybridized carbons (Fsp3) is 0.571. The number of benzene rings is 1. The van der Waals surface area contributed by atoms with Gasteiger partial charge in [-0.2, -0.15) is 0 Å². The Balaban J connectivity index is 0.000000370. The van der Waals surface area contributed by atoms with Gasteiger partial charge in [-0.25, -0.2) is 13.6 Å². The van der Waals surface area contributed by atoms with Crippen LogP contribution in [0.5, 0.6) is 0 Å². The van der Waals surface area contributed by atoms with Crippen molar-refractivity contribution in [2.75, 3.05) is 18.9 Å². The van der Waals surface area contributed by atoms with Crippen molar-refractivity contribution in [3.05, 3.63) is 24.3 Å². The first-order valence-electron chi connectivity index (χ1n) is 6.87. The van der Waals surface area contributed by atoms with E-state index in [1.54, 1.807) is 0 Å². The lowest BCUT2D eigenvalue weighted by molar-refractivity contribution is 0.128. The van der Waals surface area contributed by atoms with Gasteiger partial charge in [0.1, 0.15) is 0 Å². The van der Waals surface area contributed by atoms with Crippen LogP contribution in [0, 0.1) is 0 Å². The third kappa shape index (κ3) is 9.77. The van der Waals surface area contributed by atoms with Gasteiger partial charge in [0, 0.05) is 18.9 Å². The molecule has 0 radical (unpaired) electrons. The van der Waals surface area contributed by atoms with E-state index < -0.39 is 10.0 Å². The highest BCUT2D eigenvalue weighted by Crippen LogP contribution is 2.08. The van der Waals surface area contributed by atoms with Gasteiger partial charge in [-0.1, -0.05) is 26.7 Å². The summed E-state index contributed by atoms with van der Waals surface area (Å²) in [5, 5.41) is 4.84. The van der Waals surface area contributed by atoms with E-state index in [1.165, 1.54) is 49.9 Å². The lowest BCUT2D eigenvalue weighted by atomic mass is 10.3. The third-order valence-corrected chi connectivity index (χ3v) is 3.42. The van der Waals surface area contributed by atoms with Gasteiger partial charge < -0.3 is 10.5 Å². The molecular weight excluding hydrogens is 276 g/mol. The van der Waals surface area contributed by atoms with Crippen LogP contribution in [0.15, 0.2) is 29.2 Å². The molecular formula is C14H26N2O3S. The van der Waals surface area contributed by atoms with E-state index in [0.717, 1.165) is 13.2 Å². The Labute approximate surface area is 122 Å². The molecule has 0 aliphatic carbocycles. The Morgan fingerprint density at radius 3 is 1.80 bits per heavy atom. The molecule has 0 fully saturated rings. The van der Waals surface area contributed by atoms with Crippen LogP contribution in [0.25, 0.3) is 0 Å². The monoisotopic (exact) mass is 302 g/mol. The number of rotatable bonds is 7. The van der Waals surface area contributed by atoms with Crippen molar-refractivity contribution < 1.29 is 13.2 Å². The van der Waals surface area contributed by atoms with Crippen LogP contribution in [0.4, 0.5) is 5.69 Å². The summed E-state index contributed by atoms with van der Waals surface area (Å²) in [7, 11) is -3.58. The quantitative estimate of drug-likeness (QED) is 0.597. The third-order valence-electron chi connectivity index (χ3n) is 2.49. The largest absolute Gasteiger partial charge is 0.399 e. The number of sulfonamides is 1. The van der Waals surface area contributed by atoms with Crippen LogP contribution >= 0.6 is 0 Å². The second-order valence-corrected chi connectivity index (χ2v) is 5.99. The van der Waals surface area contributed by atoms with Crippen molar-refractivity contribution >= 4 is 15.7 Å². The average Bonchev–Trinajstić information content (AvgIpc) is 2.39. The Morgan fingerprint density at radius 1 is 1.00 bits per heavy atom. The molecule has 0 bridgehead atoms. The van der Waals surface area contributed by atoms with Crippen molar-refractivity contribution in [1.82, 2.24) is 0 Å². The summed E-state index contributed by atoms with van der Waals surface area (Å²) >= 11 is 0. The number of ether oxygens (including phenoxy) is 1. The highest BCUT2D eigenvalue weighted by molar-refractivity contribution is 7.89. The molecule has 20 heavy (non-hydrogen) atoms. The zero-order valence-electron chi connectivity index (χ0n) is 12.3. The molecule has 0 atom stereocenters. The number of nitrogen functional groups attached to an aromatic ring is 1. The number of primary sulfonamides is 1. The first-order valence-corrected chi connectivity index (χ1v) is 8.42. The number of nitrogens with two attached hydrogens (primary N) is 2. The standard InChI is InChI=1S/C8H18O.C6H8N2O2S/c1-3-5-7-9-8-6-4-2;7-5-1-3-6(4-2-5)11(8,9)10/h3-8H2,1-2H3;1-4H,7H2,(H2,8,9,10). The summed E-state index contributed by atoms with van der Waals surface area (Å²) < 4.78 is 26.7. The molecule has 0 aliphatic heterocycles. The smallest absolute Gasteiger partial charge is 0.238 e. The fourth-order valence-corrected chi connectivity index (χ4v) is 1.77. The lowest BCUT2D eigenvalue weighted by Crippen LogP contribution is -2.11. The van der Waals surface area contributed by atoms with E-state index in [9.17, 15) is 8.42 Å². The maximum Gasteiger partial charge on any atom is 0.238 e. The second-order valence-electron chi connectivity index (χ2n) is 4.43. The van der Waals surface area contributed by atoms with Crippen LogP contribution in [-0.2, 0) is 14.8 Å². The normalized spacial score (nSPS) is 10.8. The van der Waals surface area contributed by atoms with Gasteiger partial charge in [0.25, 0.3) is 0 Å². The number of unbranched alkanes of at least 4 members (excludes halogenated alkanes) is 2. The van der Waals surface area contributed by atoms with Crippen molar-refractivity contribution in [1.29, 1.82) is 0 Å². The topological polar surface area (TPSA) is 95.4 Å². The molecule has 0 unspecified atom stereocenters. The molecule has 116 valence electrons. The van der Waals surface area contributed by atoms with Crippen LogP contribution < -0.4 is 10.9 Å². The Hall–Kier alpha value is -1.11. The predicted molar refractivity (Wildman–Crippen MR) is 82.9 cm³/mol. The van der Waals surface area contributed by atoms with Crippen molar-refractivity contribution in [3.63, 3.8) is 0 Å². The van der Waals surface area contributed by atoms with Gasteiger partial charge in [-0.15, -0.1) is 0 Å².